The molecule has 88 valence electrons. The lowest BCUT2D eigenvalue weighted by atomic mass is 9.81. The second-order valence-corrected chi connectivity index (χ2v) is 5.91. The predicted molar refractivity (Wildman–Crippen MR) is 72.7 cm³/mol. The van der Waals surface area contributed by atoms with Gasteiger partial charge < -0.3 is 5.73 Å². The van der Waals surface area contributed by atoms with Crippen molar-refractivity contribution < 1.29 is 0 Å². The Labute approximate surface area is 110 Å². The van der Waals surface area contributed by atoms with Crippen LogP contribution in [0.3, 0.4) is 0 Å². The summed E-state index contributed by atoms with van der Waals surface area (Å²) in [5.74, 6) is 0.604. The van der Waals surface area contributed by atoms with Gasteiger partial charge in [-0.1, -0.05) is 52.9 Å². The van der Waals surface area contributed by atoms with Crippen LogP contribution in [-0.2, 0) is 0 Å². The van der Waals surface area contributed by atoms with Crippen LogP contribution in [0.15, 0.2) is 22.7 Å². The summed E-state index contributed by atoms with van der Waals surface area (Å²) in [5, 5.41) is 0.785. The molecule has 0 spiro atoms. The lowest BCUT2D eigenvalue weighted by Crippen LogP contribution is -2.23. The third kappa shape index (κ3) is 2.79. The van der Waals surface area contributed by atoms with Crippen LogP contribution in [0.25, 0.3) is 0 Å². The molecule has 0 aromatic heterocycles. The maximum atomic E-state index is 6.32. The molecular formula is C13H17BrClN. The molecule has 0 unspecified atom stereocenters. The third-order valence-electron chi connectivity index (χ3n) is 3.48. The zero-order valence-corrected chi connectivity index (χ0v) is 11.6. The minimum Gasteiger partial charge on any atom is -0.324 e. The van der Waals surface area contributed by atoms with Crippen molar-refractivity contribution in [2.45, 2.75) is 38.1 Å². The zero-order chi connectivity index (χ0) is 11.5. The van der Waals surface area contributed by atoms with Gasteiger partial charge in [-0.05, 0) is 36.5 Å². The summed E-state index contributed by atoms with van der Waals surface area (Å²) in [6.45, 7) is 0. The molecular weight excluding hydrogens is 286 g/mol. The van der Waals surface area contributed by atoms with Crippen LogP contribution in [0.2, 0.25) is 5.02 Å². The van der Waals surface area contributed by atoms with Gasteiger partial charge in [-0.15, -0.1) is 0 Å². The maximum Gasteiger partial charge on any atom is 0.0465 e. The normalized spacial score (nSPS) is 19.7. The van der Waals surface area contributed by atoms with E-state index in [4.69, 9.17) is 17.3 Å². The van der Waals surface area contributed by atoms with Gasteiger partial charge in [-0.25, -0.2) is 0 Å². The van der Waals surface area contributed by atoms with Crippen molar-refractivity contribution in [2.24, 2.45) is 11.7 Å². The second-order valence-electron chi connectivity index (χ2n) is 4.59. The minimum absolute atomic E-state index is 0.0981. The van der Waals surface area contributed by atoms with Crippen LogP contribution < -0.4 is 5.73 Å². The molecule has 0 aliphatic heterocycles. The second kappa shape index (κ2) is 5.52. The highest BCUT2D eigenvalue weighted by Gasteiger charge is 2.23. The molecule has 1 atom stereocenters. The number of benzene rings is 1. The maximum absolute atomic E-state index is 6.32. The van der Waals surface area contributed by atoms with Gasteiger partial charge in [0.05, 0.1) is 0 Å². The van der Waals surface area contributed by atoms with E-state index in [1.807, 2.05) is 18.2 Å². The monoisotopic (exact) mass is 301 g/mol. The van der Waals surface area contributed by atoms with Gasteiger partial charge in [-0.2, -0.15) is 0 Å². The van der Waals surface area contributed by atoms with Crippen LogP contribution in [0.1, 0.15) is 43.7 Å². The van der Waals surface area contributed by atoms with E-state index in [-0.39, 0.29) is 6.04 Å². The van der Waals surface area contributed by atoms with Gasteiger partial charge in [0.25, 0.3) is 0 Å². The van der Waals surface area contributed by atoms with Crippen molar-refractivity contribution in [1.29, 1.82) is 0 Å². The largest absolute Gasteiger partial charge is 0.324 e. The lowest BCUT2D eigenvalue weighted by molar-refractivity contribution is 0.308. The standard InChI is InChI=1S/C13H17BrClN/c14-10-6-7-11(12(15)8-10)13(16)9-4-2-1-3-5-9/h6-9,13H,1-5,16H2/t13-/m1/s1. The van der Waals surface area contributed by atoms with Gasteiger partial charge in [-0.3, -0.25) is 0 Å². The Morgan fingerprint density at radius 1 is 1.25 bits per heavy atom. The highest BCUT2D eigenvalue weighted by molar-refractivity contribution is 9.10. The molecule has 2 N–H and O–H groups in total. The Hall–Kier alpha value is -0.0500. The molecule has 1 fully saturated rings. The molecule has 3 heteroatoms. The summed E-state index contributed by atoms with van der Waals surface area (Å²) >= 11 is 9.65. The Morgan fingerprint density at radius 3 is 2.56 bits per heavy atom. The predicted octanol–water partition coefficient (Wildman–Crippen LogP) is 4.68. The topological polar surface area (TPSA) is 26.0 Å². The van der Waals surface area contributed by atoms with E-state index >= 15 is 0 Å². The van der Waals surface area contributed by atoms with Crippen LogP contribution in [-0.4, -0.2) is 0 Å². The molecule has 0 heterocycles. The van der Waals surface area contributed by atoms with Gasteiger partial charge >= 0.3 is 0 Å². The Balaban J connectivity index is 2.15. The van der Waals surface area contributed by atoms with E-state index in [0.717, 1.165) is 15.1 Å². The number of rotatable bonds is 2. The van der Waals surface area contributed by atoms with E-state index in [9.17, 15) is 0 Å². The van der Waals surface area contributed by atoms with Crippen LogP contribution in [0, 0.1) is 5.92 Å². The molecule has 1 saturated carbocycles. The summed E-state index contributed by atoms with van der Waals surface area (Å²) in [7, 11) is 0. The van der Waals surface area contributed by atoms with Crippen molar-refractivity contribution in [1.82, 2.24) is 0 Å². The molecule has 0 saturated heterocycles. The van der Waals surface area contributed by atoms with Crippen molar-refractivity contribution in [2.75, 3.05) is 0 Å². The van der Waals surface area contributed by atoms with Crippen molar-refractivity contribution in [3.8, 4) is 0 Å². The van der Waals surface area contributed by atoms with E-state index in [2.05, 4.69) is 15.9 Å². The SMILES string of the molecule is N[C@@H](c1ccc(Br)cc1Cl)C1CCCCC1. The first kappa shape index (κ1) is 12.4. The van der Waals surface area contributed by atoms with Crippen molar-refractivity contribution in [3.05, 3.63) is 33.3 Å². The van der Waals surface area contributed by atoms with Gasteiger partial charge in [0.15, 0.2) is 0 Å². The van der Waals surface area contributed by atoms with E-state index in [1.54, 1.807) is 0 Å². The Kier molecular flexibility index (Phi) is 4.28. The molecule has 0 amide bonds. The van der Waals surface area contributed by atoms with Gasteiger partial charge in [0, 0.05) is 15.5 Å². The summed E-state index contributed by atoms with van der Waals surface area (Å²) < 4.78 is 1.01. The molecule has 1 aliphatic rings. The first-order chi connectivity index (χ1) is 7.68. The molecule has 2 rings (SSSR count). The average Bonchev–Trinajstić information content (AvgIpc) is 2.29. The molecule has 1 aliphatic carbocycles. The number of nitrogens with two attached hydrogens (primary N) is 1. The molecule has 16 heavy (non-hydrogen) atoms. The molecule has 0 bridgehead atoms. The zero-order valence-electron chi connectivity index (χ0n) is 9.26. The molecule has 1 aromatic carbocycles. The van der Waals surface area contributed by atoms with Crippen LogP contribution in [0.4, 0.5) is 0 Å². The highest BCUT2D eigenvalue weighted by atomic mass is 79.9. The first-order valence-electron chi connectivity index (χ1n) is 5.89. The number of halogens is 2. The van der Waals surface area contributed by atoms with Gasteiger partial charge in [0.1, 0.15) is 0 Å². The van der Waals surface area contributed by atoms with E-state index in [1.165, 1.54) is 32.1 Å². The molecule has 1 nitrogen and oxygen atoms in total. The molecule has 0 radical (unpaired) electrons. The van der Waals surface area contributed by atoms with Gasteiger partial charge in [0.2, 0.25) is 0 Å². The van der Waals surface area contributed by atoms with Crippen molar-refractivity contribution in [3.63, 3.8) is 0 Å². The fourth-order valence-electron chi connectivity index (χ4n) is 2.52. The summed E-state index contributed by atoms with van der Waals surface area (Å²) in [6, 6.07) is 6.09. The average molecular weight is 303 g/mol. The number of hydrogen-bond donors (Lipinski definition) is 1. The summed E-state index contributed by atoms with van der Waals surface area (Å²) in [5.41, 5.74) is 7.42. The summed E-state index contributed by atoms with van der Waals surface area (Å²) in [4.78, 5) is 0. The Morgan fingerprint density at radius 2 is 1.94 bits per heavy atom. The third-order valence-corrected chi connectivity index (χ3v) is 4.30. The van der Waals surface area contributed by atoms with Crippen molar-refractivity contribution >= 4 is 27.5 Å². The van der Waals surface area contributed by atoms with Crippen LogP contribution in [0.5, 0.6) is 0 Å². The molecule has 1 aromatic rings. The summed E-state index contributed by atoms with van der Waals surface area (Å²) in [6.07, 6.45) is 6.47. The van der Waals surface area contributed by atoms with E-state index in [0.29, 0.717) is 5.92 Å². The Bertz CT molecular complexity index is 361. The fourth-order valence-corrected chi connectivity index (χ4v) is 3.32. The quantitative estimate of drug-likeness (QED) is 0.843. The fraction of sp³-hybridized carbons (Fsp3) is 0.538. The lowest BCUT2D eigenvalue weighted by Gasteiger charge is -2.28. The minimum atomic E-state index is 0.0981. The van der Waals surface area contributed by atoms with Crippen LogP contribution >= 0.6 is 27.5 Å². The first-order valence-corrected chi connectivity index (χ1v) is 7.06. The smallest absolute Gasteiger partial charge is 0.0465 e. The number of hydrogen-bond acceptors (Lipinski definition) is 1. The highest BCUT2D eigenvalue weighted by Crippen LogP contribution is 2.36. The van der Waals surface area contributed by atoms with E-state index < -0.39 is 0 Å².